The summed E-state index contributed by atoms with van der Waals surface area (Å²) in [7, 11) is 0. The highest BCUT2D eigenvalue weighted by atomic mass is 16.6. The number of hydrogen-bond donors (Lipinski definition) is 0. The van der Waals surface area contributed by atoms with Crippen molar-refractivity contribution in [1.82, 2.24) is 0 Å². The number of rotatable bonds is 2. The van der Waals surface area contributed by atoms with E-state index >= 15 is 0 Å². The average molecular weight is 198 g/mol. The van der Waals surface area contributed by atoms with Crippen molar-refractivity contribution in [2.75, 3.05) is 6.61 Å². The first-order valence-corrected chi connectivity index (χ1v) is 4.54. The first-order valence-electron chi connectivity index (χ1n) is 4.54. The van der Waals surface area contributed by atoms with Crippen molar-refractivity contribution in [2.45, 2.75) is 33.3 Å². The molecule has 1 rings (SSSR count). The van der Waals surface area contributed by atoms with E-state index in [1.807, 2.05) is 13.8 Å². The minimum Gasteiger partial charge on any atom is -0.463 e. The second-order valence-corrected chi connectivity index (χ2v) is 3.48. The van der Waals surface area contributed by atoms with Gasteiger partial charge in [-0.05, 0) is 20.8 Å². The average Bonchev–Trinajstić information content (AvgIpc) is 2.50. The first-order chi connectivity index (χ1) is 6.52. The molecule has 1 heterocycles. The van der Waals surface area contributed by atoms with Crippen molar-refractivity contribution in [3.8, 4) is 0 Å². The molecule has 0 N–H and O–H groups in total. The molecule has 0 saturated carbocycles. The lowest BCUT2D eigenvalue weighted by atomic mass is 10.2. The minimum absolute atomic E-state index is 0.338. The number of carbonyl (C=O) groups is 2. The summed E-state index contributed by atoms with van der Waals surface area (Å²) in [5, 5.41) is 0. The zero-order valence-electron chi connectivity index (χ0n) is 8.62. The third kappa shape index (κ3) is 2.34. The lowest BCUT2D eigenvalue weighted by molar-refractivity contribution is -0.157. The molecular formula is C10H14O4. The third-order valence-corrected chi connectivity index (χ3v) is 2.19. The van der Waals surface area contributed by atoms with Gasteiger partial charge < -0.3 is 9.47 Å². The molecule has 1 saturated heterocycles. The predicted molar refractivity (Wildman–Crippen MR) is 49.5 cm³/mol. The zero-order valence-corrected chi connectivity index (χ0v) is 8.62. The van der Waals surface area contributed by atoms with Crippen molar-refractivity contribution < 1.29 is 19.1 Å². The third-order valence-electron chi connectivity index (χ3n) is 2.19. The summed E-state index contributed by atoms with van der Waals surface area (Å²) in [6.45, 7) is 5.66. The number of ether oxygens (including phenoxy) is 2. The van der Waals surface area contributed by atoms with Gasteiger partial charge in [0.2, 0.25) is 6.10 Å². The van der Waals surface area contributed by atoms with Gasteiger partial charge in [-0.15, -0.1) is 0 Å². The van der Waals surface area contributed by atoms with Crippen LogP contribution in [0.15, 0.2) is 11.1 Å². The summed E-state index contributed by atoms with van der Waals surface area (Å²) in [4.78, 5) is 22.4. The second kappa shape index (κ2) is 4.26. The van der Waals surface area contributed by atoms with Crippen molar-refractivity contribution in [3.05, 3.63) is 11.1 Å². The zero-order chi connectivity index (χ0) is 10.7. The molecule has 0 radical (unpaired) electrons. The highest BCUT2D eigenvalue weighted by Crippen LogP contribution is 2.13. The van der Waals surface area contributed by atoms with Crippen molar-refractivity contribution in [3.63, 3.8) is 0 Å². The topological polar surface area (TPSA) is 52.6 Å². The SMILES string of the molecule is CC(C)=C(C)C(=O)OC1CCOC1=O. The van der Waals surface area contributed by atoms with Gasteiger partial charge in [-0.1, -0.05) is 5.57 Å². The molecule has 0 spiro atoms. The number of carbonyl (C=O) groups excluding carboxylic acids is 2. The van der Waals surface area contributed by atoms with Gasteiger partial charge in [-0.25, -0.2) is 9.59 Å². The Hall–Kier alpha value is -1.32. The standard InChI is InChI=1S/C10H14O4/c1-6(2)7(3)9(11)14-8-4-5-13-10(8)12/h8H,4-5H2,1-3H3. The first kappa shape index (κ1) is 10.8. The van der Waals surface area contributed by atoms with Gasteiger partial charge >= 0.3 is 11.9 Å². The Labute approximate surface area is 82.9 Å². The fraction of sp³-hybridized carbons (Fsp3) is 0.600. The highest BCUT2D eigenvalue weighted by molar-refractivity contribution is 5.91. The number of cyclic esters (lactones) is 1. The van der Waals surface area contributed by atoms with E-state index in [0.717, 1.165) is 5.57 Å². The minimum atomic E-state index is -0.711. The summed E-state index contributed by atoms with van der Waals surface area (Å²) in [6.07, 6.45) is -0.252. The Kier molecular flexibility index (Phi) is 3.28. The maximum atomic E-state index is 11.4. The quantitative estimate of drug-likeness (QED) is 0.494. The largest absolute Gasteiger partial charge is 0.463 e. The summed E-state index contributed by atoms with van der Waals surface area (Å²) in [5.74, 6) is -0.881. The van der Waals surface area contributed by atoms with Crippen LogP contribution < -0.4 is 0 Å². The molecule has 1 fully saturated rings. The van der Waals surface area contributed by atoms with E-state index in [9.17, 15) is 9.59 Å². The molecule has 1 aliphatic heterocycles. The molecule has 0 aromatic rings. The van der Waals surface area contributed by atoms with E-state index in [1.54, 1.807) is 6.92 Å². The van der Waals surface area contributed by atoms with Crippen molar-refractivity contribution >= 4 is 11.9 Å². The van der Waals surface area contributed by atoms with Crippen LogP contribution in [0.1, 0.15) is 27.2 Å². The van der Waals surface area contributed by atoms with Gasteiger partial charge in [0, 0.05) is 12.0 Å². The maximum absolute atomic E-state index is 11.4. The second-order valence-electron chi connectivity index (χ2n) is 3.48. The molecule has 0 aromatic heterocycles. The van der Waals surface area contributed by atoms with E-state index in [0.29, 0.717) is 18.6 Å². The highest BCUT2D eigenvalue weighted by Gasteiger charge is 2.30. The predicted octanol–water partition coefficient (Wildman–Crippen LogP) is 1.20. The normalized spacial score (nSPS) is 20.2. The summed E-state index contributed by atoms with van der Waals surface area (Å²) < 4.78 is 9.65. The van der Waals surface area contributed by atoms with E-state index in [4.69, 9.17) is 4.74 Å². The lowest BCUT2D eigenvalue weighted by Crippen LogP contribution is -2.23. The van der Waals surface area contributed by atoms with E-state index in [-0.39, 0.29) is 0 Å². The molecule has 14 heavy (non-hydrogen) atoms. The van der Waals surface area contributed by atoms with Gasteiger partial charge in [0.25, 0.3) is 0 Å². The summed E-state index contributed by atoms with van der Waals surface area (Å²) in [5.41, 5.74) is 1.44. The van der Waals surface area contributed by atoms with Crippen molar-refractivity contribution in [1.29, 1.82) is 0 Å². The van der Waals surface area contributed by atoms with Gasteiger partial charge in [0.1, 0.15) is 0 Å². The smallest absolute Gasteiger partial charge is 0.347 e. The van der Waals surface area contributed by atoms with Crippen LogP contribution in [-0.2, 0) is 19.1 Å². The van der Waals surface area contributed by atoms with Crippen LogP contribution in [0.4, 0.5) is 0 Å². The molecule has 78 valence electrons. The van der Waals surface area contributed by atoms with E-state index < -0.39 is 18.0 Å². The molecule has 4 heteroatoms. The Morgan fingerprint density at radius 1 is 1.43 bits per heavy atom. The fourth-order valence-electron chi connectivity index (χ4n) is 1.01. The number of esters is 2. The summed E-state index contributed by atoms with van der Waals surface area (Å²) in [6, 6.07) is 0. The Balaban J connectivity index is 2.57. The molecule has 1 atom stereocenters. The summed E-state index contributed by atoms with van der Waals surface area (Å²) >= 11 is 0. The van der Waals surface area contributed by atoms with Crippen molar-refractivity contribution in [2.24, 2.45) is 0 Å². The van der Waals surface area contributed by atoms with Crippen LogP contribution in [0.5, 0.6) is 0 Å². The molecule has 1 unspecified atom stereocenters. The Morgan fingerprint density at radius 2 is 2.07 bits per heavy atom. The van der Waals surface area contributed by atoms with Gasteiger partial charge in [-0.2, -0.15) is 0 Å². The van der Waals surface area contributed by atoms with Crippen LogP contribution >= 0.6 is 0 Å². The number of hydrogen-bond acceptors (Lipinski definition) is 4. The fourth-order valence-corrected chi connectivity index (χ4v) is 1.01. The Bertz CT molecular complexity index is 286. The number of allylic oxidation sites excluding steroid dienone is 1. The maximum Gasteiger partial charge on any atom is 0.347 e. The Morgan fingerprint density at radius 3 is 2.50 bits per heavy atom. The van der Waals surface area contributed by atoms with E-state index in [2.05, 4.69) is 4.74 Å². The van der Waals surface area contributed by atoms with Gasteiger partial charge in [0.05, 0.1) is 6.61 Å². The van der Waals surface area contributed by atoms with E-state index in [1.165, 1.54) is 0 Å². The molecule has 4 nitrogen and oxygen atoms in total. The monoisotopic (exact) mass is 198 g/mol. The molecule has 0 aliphatic carbocycles. The van der Waals surface area contributed by atoms with Crippen LogP contribution in [-0.4, -0.2) is 24.6 Å². The lowest BCUT2D eigenvalue weighted by Gasteiger charge is -2.09. The van der Waals surface area contributed by atoms with Gasteiger partial charge in [-0.3, -0.25) is 0 Å². The van der Waals surface area contributed by atoms with Crippen LogP contribution in [0.25, 0.3) is 0 Å². The molecule has 1 aliphatic rings. The molecule has 0 bridgehead atoms. The molecular weight excluding hydrogens is 184 g/mol. The molecule has 0 aromatic carbocycles. The van der Waals surface area contributed by atoms with Crippen LogP contribution in [0, 0.1) is 0 Å². The van der Waals surface area contributed by atoms with Crippen LogP contribution in [0.3, 0.4) is 0 Å². The van der Waals surface area contributed by atoms with Gasteiger partial charge in [0.15, 0.2) is 0 Å². The van der Waals surface area contributed by atoms with Crippen LogP contribution in [0.2, 0.25) is 0 Å². The molecule has 0 amide bonds.